The number of aromatic nitrogens is 2. The van der Waals surface area contributed by atoms with E-state index in [4.69, 9.17) is 0 Å². The Morgan fingerprint density at radius 1 is 1.04 bits per heavy atom. The molecule has 1 amide bonds. The fourth-order valence-corrected chi connectivity index (χ4v) is 3.04. The standard InChI is InChI=1S/C21H24N4O2/c1-24(16-10-4-3-5-11-16)15-9-8-14-22-20(26)19-17-12-6-7-13-18(17)21(27)25(2)23-19/h3-7,10-13H,8-9,14-15H2,1-2H3,(H,22,26). The molecule has 27 heavy (non-hydrogen) atoms. The number of nitrogens with one attached hydrogen (secondary N) is 1. The molecule has 0 fully saturated rings. The molecule has 2 aromatic carbocycles. The zero-order valence-electron chi connectivity index (χ0n) is 15.7. The number of carbonyl (C=O) groups is 1. The Kier molecular flexibility index (Phi) is 5.86. The molecule has 0 bridgehead atoms. The molecule has 3 aromatic rings. The Morgan fingerprint density at radius 3 is 2.44 bits per heavy atom. The van der Waals surface area contributed by atoms with Crippen molar-refractivity contribution >= 4 is 22.4 Å². The van der Waals surface area contributed by atoms with Crippen LogP contribution in [0.15, 0.2) is 59.4 Å². The van der Waals surface area contributed by atoms with Crippen LogP contribution in [0.2, 0.25) is 0 Å². The predicted molar refractivity (Wildman–Crippen MR) is 108 cm³/mol. The van der Waals surface area contributed by atoms with Crippen molar-refractivity contribution in [3.8, 4) is 0 Å². The van der Waals surface area contributed by atoms with E-state index in [2.05, 4.69) is 34.5 Å². The molecule has 0 spiro atoms. The van der Waals surface area contributed by atoms with E-state index in [9.17, 15) is 9.59 Å². The van der Waals surface area contributed by atoms with Gasteiger partial charge < -0.3 is 10.2 Å². The number of unbranched alkanes of at least 4 members (excludes halogenated alkanes) is 1. The molecular weight excluding hydrogens is 340 g/mol. The number of nitrogens with zero attached hydrogens (tertiary/aromatic N) is 3. The van der Waals surface area contributed by atoms with Crippen molar-refractivity contribution in [2.75, 3.05) is 25.0 Å². The highest BCUT2D eigenvalue weighted by atomic mass is 16.2. The summed E-state index contributed by atoms with van der Waals surface area (Å²) in [6.07, 6.45) is 1.83. The lowest BCUT2D eigenvalue weighted by atomic mass is 10.1. The monoisotopic (exact) mass is 364 g/mol. The van der Waals surface area contributed by atoms with Gasteiger partial charge in [0.15, 0.2) is 5.69 Å². The molecule has 0 aliphatic carbocycles. The normalized spacial score (nSPS) is 10.7. The van der Waals surface area contributed by atoms with Crippen LogP contribution in [0.4, 0.5) is 5.69 Å². The van der Waals surface area contributed by atoms with Crippen molar-refractivity contribution in [1.29, 1.82) is 0 Å². The third kappa shape index (κ3) is 4.34. The molecule has 1 N–H and O–H groups in total. The van der Waals surface area contributed by atoms with Crippen molar-refractivity contribution in [3.05, 3.63) is 70.6 Å². The second-order valence-electron chi connectivity index (χ2n) is 6.54. The maximum absolute atomic E-state index is 12.5. The Balaban J connectivity index is 1.55. The number of fused-ring (bicyclic) bond motifs is 1. The smallest absolute Gasteiger partial charge is 0.274 e. The minimum absolute atomic E-state index is 0.203. The van der Waals surface area contributed by atoms with Gasteiger partial charge in [-0.3, -0.25) is 9.59 Å². The Bertz CT molecular complexity index is 982. The molecule has 6 nitrogen and oxygen atoms in total. The number of rotatable bonds is 7. The lowest BCUT2D eigenvalue weighted by Gasteiger charge is -2.19. The van der Waals surface area contributed by atoms with Gasteiger partial charge in [0.05, 0.1) is 5.39 Å². The first-order valence-corrected chi connectivity index (χ1v) is 9.08. The van der Waals surface area contributed by atoms with Crippen LogP contribution in [0.5, 0.6) is 0 Å². The van der Waals surface area contributed by atoms with Crippen LogP contribution in [0.25, 0.3) is 10.8 Å². The number of hydrogen-bond donors (Lipinski definition) is 1. The summed E-state index contributed by atoms with van der Waals surface area (Å²) in [5.41, 5.74) is 1.27. The van der Waals surface area contributed by atoms with E-state index in [-0.39, 0.29) is 17.2 Å². The van der Waals surface area contributed by atoms with E-state index >= 15 is 0 Å². The molecule has 1 aromatic heterocycles. The molecule has 1 heterocycles. The molecule has 140 valence electrons. The van der Waals surface area contributed by atoms with Gasteiger partial charge in [-0.25, -0.2) is 4.68 Å². The maximum Gasteiger partial charge on any atom is 0.274 e. The topological polar surface area (TPSA) is 67.2 Å². The summed E-state index contributed by atoms with van der Waals surface area (Å²) in [7, 11) is 3.62. The number of carbonyl (C=O) groups excluding carboxylic acids is 1. The molecule has 0 aliphatic rings. The zero-order chi connectivity index (χ0) is 19.2. The maximum atomic E-state index is 12.5. The molecule has 0 atom stereocenters. The summed E-state index contributed by atoms with van der Waals surface area (Å²) in [6.45, 7) is 1.49. The number of anilines is 1. The highest BCUT2D eigenvalue weighted by Gasteiger charge is 2.14. The van der Waals surface area contributed by atoms with Crippen molar-refractivity contribution < 1.29 is 4.79 Å². The lowest BCUT2D eigenvalue weighted by molar-refractivity contribution is 0.0948. The number of benzene rings is 2. The Morgan fingerprint density at radius 2 is 1.70 bits per heavy atom. The molecule has 0 saturated heterocycles. The van der Waals surface area contributed by atoms with Crippen LogP contribution >= 0.6 is 0 Å². The van der Waals surface area contributed by atoms with Gasteiger partial charge in [0.25, 0.3) is 11.5 Å². The van der Waals surface area contributed by atoms with Crippen LogP contribution in [0.3, 0.4) is 0 Å². The average Bonchev–Trinajstić information content (AvgIpc) is 2.70. The summed E-state index contributed by atoms with van der Waals surface area (Å²) in [6, 6.07) is 17.3. The van der Waals surface area contributed by atoms with Crippen LogP contribution < -0.4 is 15.8 Å². The summed E-state index contributed by atoms with van der Waals surface area (Å²) in [5, 5.41) is 8.16. The van der Waals surface area contributed by atoms with E-state index in [1.165, 1.54) is 10.4 Å². The second kappa shape index (κ2) is 8.49. The molecular formula is C21H24N4O2. The lowest BCUT2D eigenvalue weighted by Crippen LogP contribution is -2.30. The summed E-state index contributed by atoms with van der Waals surface area (Å²) in [5.74, 6) is -0.252. The van der Waals surface area contributed by atoms with Crippen LogP contribution in [-0.2, 0) is 7.05 Å². The van der Waals surface area contributed by atoms with E-state index in [1.807, 2.05) is 18.2 Å². The van der Waals surface area contributed by atoms with Gasteiger partial charge in [-0.05, 0) is 31.0 Å². The summed E-state index contributed by atoms with van der Waals surface area (Å²) < 4.78 is 1.21. The Labute approximate surface area is 158 Å². The highest BCUT2D eigenvalue weighted by Crippen LogP contribution is 2.13. The highest BCUT2D eigenvalue weighted by molar-refractivity contribution is 6.04. The van der Waals surface area contributed by atoms with Crippen molar-refractivity contribution in [2.45, 2.75) is 12.8 Å². The minimum Gasteiger partial charge on any atom is -0.375 e. The number of hydrogen-bond acceptors (Lipinski definition) is 4. The van der Waals surface area contributed by atoms with Gasteiger partial charge in [-0.2, -0.15) is 5.10 Å². The second-order valence-corrected chi connectivity index (χ2v) is 6.54. The van der Waals surface area contributed by atoms with Crippen LogP contribution in [-0.4, -0.2) is 35.8 Å². The van der Waals surface area contributed by atoms with Crippen molar-refractivity contribution in [2.24, 2.45) is 7.05 Å². The third-order valence-electron chi connectivity index (χ3n) is 4.57. The fourth-order valence-electron chi connectivity index (χ4n) is 3.04. The predicted octanol–water partition coefficient (Wildman–Crippen LogP) is 2.58. The van der Waals surface area contributed by atoms with Gasteiger partial charge in [0.2, 0.25) is 0 Å². The number of aryl methyl sites for hydroxylation is 1. The molecule has 0 radical (unpaired) electrons. The number of amides is 1. The van der Waals surface area contributed by atoms with Crippen LogP contribution in [0, 0.1) is 0 Å². The summed E-state index contributed by atoms with van der Waals surface area (Å²) in [4.78, 5) is 26.9. The van der Waals surface area contributed by atoms with Gasteiger partial charge in [-0.1, -0.05) is 36.4 Å². The van der Waals surface area contributed by atoms with Gasteiger partial charge in [-0.15, -0.1) is 0 Å². The van der Waals surface area contributed by atoms with Crippen molar-refractivity contribution in [1.82, 2.24) is 15.1 Å². The molecule has 0 unspecified atom stereocenters. The van der Waals surface area contributed by atoms with E-state index in [0.29, 0.717) is 17.3 Å². The first-order valence-electron chi connectivity index (χ1n) is 9.08. The minimum atomic E-state index is -0.252. The fraction of sp³-hybridized carbons (Fsp3) is 0.286. The largest absolute Gasteiger partial charge is 0.375 e. The first-order chi connectivity index (χ1) is 13.1. The third-order valence-corrected chi connectivity index (χ3v) is 4.57. The molecule has 0 saturated carbocycles. The number of para-hydroxylation sites is 1. The van der Waals surface area contributed by atoms with E-state index in [0.717, 1.165) is 19.4 Å². The van der Waals surface area contributed by atoms with Crippen LogP contribution in [0.1, 0.15) is 23.3 Å². The average molecular weight is 364 g/mol. The van der Waals surface area contributed by atoms with E-state index < -0.39 is 0 Å². The summed E-state index contributed by atoms with van der Waals surface area (Å²) >= 11 is 0. The molecule has 0 aliphatic heterocycles. The van der Waals surface area contributed by atoms with Gasteiger partial charge >= 0.3 is 0 Å². The van der Waals surface area contributed by atoms with E-state index in [1.54, 1.807) is 31.3 Å². The quantitative estimate of drug-likeness (QED) is 0.655. The zero-order valence-corrected chi connectivity index (χ0v) is 15.7. The Hall–Kier alpha value is -3.15. The van der Waals surface area contributed by atoms with Gasteiger partial charge in [0.1, 0.15) is 0 Å². The van der Waals surface area contributed by atoms with Crippen molar-refractivity contribution in [3.63, 3.8) is 0 Å². The molecule has 3 rings (SSSR count). The first kappa shape index (κ1) is 18.6. The SMILES string of the molecule is CN(CCCCNC(=O)c1nn(C)c(=O)c2ccccc12)c1ccccc1. The van der Waals surface area contributed by atoms with Gasteiger partial charge in [0, 0.05) is 38.3 Å². The molecule has 6 heteroatoms.